The topological polar surface area (TPSA) is 166 Å². The molecule has 32 heavy (non-hydrogen) atoms. The standard InChI is InChI=1S/C21H29N5O5S/c1-12(21(30)31)25-20(29)17(9-13-10-23-16-6-4-3-5-14(13)16)26-18(27)11-24-19(28)15(22)7-8-32-2/h3-6,10,12,15,17,23H,7-9,11,22H2,1-2H3,(H,24,28)(H,25,29)(H,26,27)(H,30,31). The van der Waals surface area contributed by atoms with Gasteiger partial charge in [0.25, 0.3) is 0 Å². The quantitative estimate of drug-likeness (QED) is 0.257. The third-order valence-electron chi connectivity index (χ3n) is 4.87. The van der Waals surface area contributed by atoms with Gasteiger partial charge in [0.05, 0.1) is 12.6 Å². The predicted molar refractivity (Wildman–Crippen MR) is 123 cm³/mol. The van der Waals surface area contributed by atoms with Crippen LogP contribution in [-0.2, 0) is 25.6 Å². The minimum atomic E-state index is -1.19. The normalized spacial score (nSPS) is 13.7. The fourth-order valence-electron chi connectivity index (χ4n) is 3.03. The Morgan fingerprint density at radius 1 is 1.16 bits per heavy atom. The van der Waals surface area contributed by atoms with Crippen molar-refractivity contribution >= 4 is 46.4 Å². The zero-order valence-corrected chi connectivity index (χ0v) is 18.8. The zero-order valence-electron chi connectivity index (χ0n) is 18.0. The second-order valence-corrected chi connectivity index (χ2v) is 8.34. The largest absolute Gasteiger partial charge is 0.480 e. The van der Waals surface area contributed by atoms with Crippen molar-refractivity contribution in [1.29, 1.82) is 0 Å². The molecule has 3 unspecified atom stereocenters. The molecule has 0 aliphatic heterocycles. The number of benzene rings is 1. The van der Waals surface area contributed by atoms with Crippen LogP contribution in [0.3, 0.4) is 0 Å². The number of hydrogen-bond donors (Lipinski definition) is 6. The highest BCUT2D eigenvalue weighted by Gasteiger charge is 2.26. The molecule has 1 aromatic carbocycles. The summed E-state index contributed by atoms with van der Waals surface area (Å²) < 4.78 is 0. The molecule has 1 aromatic heterocycles. The first-order valence-corrected chi connectivity index (χ1v) is 11.5. The molecule has 0 spiro atoms. The van der Waals surface area contributed by atoms with Gasteiger partial charge >= 0.3 is 5.97 Å². The number of aromatic amines is 1. The fourth-order valence-corrected chi connectivity index (χ4v) is 3.51. The first kappa shape index (κ1) is 25.2. The first-order valence-electron chi connectivity index (χ1n) is 10.1. The Labute approximate surface area is 190 Å². The molecule has 2 rings (SSSR count). The van der Waals surface area contributed by atoms with E-state index in [4.69, 9.17) is 10.8 Å². The highest BCUT2D eigenvalue weighted by atomic mass is 32.2. The SMILES string of the molecule is CSCCC(N)C(=O)NCC(=O)NC(Cc1c[nH]c2ccccc12)C(=O)NC(C)C(=O)O. The molecule has 0 bridgehead atoms. The summed E-state index contributed by atoms with van der Waals surface area (Å²) in [5, 5.41) is 17.4. The summed E-state index contributed by atoms with van der Waals surface area (Å²) in [6, 6.07) is 4.61. The van der Waals surface area contributed by atoms with Gasteiger partial charge in [-0.05, 0) is 37.0 Å². The number of nitrogens with two attached hydrogens (primary N) is 1. The lowest BCUT2D eigenvalue weighted by atomic mass is 10.0. The molecular formula is C21H29N5O5S. The van der Waals surface area contributed by atoms with Crippen molar-refractivity contribution in [2.24, 2.45) is 5.73 Å². The van der Waals surface area contributed by atoms with Gasteiger partial charge in [0.15, 0.2) is 0 Å². The Kier molecular flexibility index (Phi) is 9.54. The zero-order chi connectivity index (χ0) is 23.7. The molecule has 0 aliphatic carbocycles. The van der Waals surface area contributed by atoms with E-state index in [9.17, 15) is 19.2 Å². The van der Waals surface area contributed by atoms with Gasteiger partial charge in [-0.3, -0.25) is 19.2 Å². The lowest BCUT2D eigenvalue weighted by Crippen LogP contribution is -2.54. The number of aliphatic carboxylic acids is 1. The summed E-state index contributed by atoms with van der Waals surface area (Å²) >= 11 is 1.56. The molecule has 0 aliphatic rings. The molecule has 7 N–H and O–H groups in total. The number of carbonyl (C=O) groups is 4. The van der Waals surface area contributed by atoms with Crippen LogP contribution >= 0.6 is 11.8 Å². The summed E-state index contributed by atoms with van der Waals surface area (Å²) in [5.74, 6) is -2.15. The average molecular weight is 464 g/mol. The number of rotatable bonds is 12. The van der Waals surface area contributed by atoms with E-state index in [0.29, 0.717) is 6.42 Å². The molecule has 0 saturated carbocycles. The number of para-hydroxylation sites is 1. The van der Waals surface area contributed by atoms with Crippen LogP contribution in [0.15, 0.2) is 30.5 Å². The average Bonchev–Trinajstić information content (AvgIpc) is 3.17. The monoisotopic (exact) mass is 463 g/mol. The number of H-pyrrole nitrogens is 1. The van der Waals surface area contributed by atoms with Gasteiger partial charge < -0.3 is 31.8 Å². The lowest BCUT2D eigenvalue weighted by Gasteiger charge is -2.20. The van der Waals surface area contributed by atoms with E-state index in [1.807, 2.05) is 30.5 Å². The number of fused-ring (bicyclic) bond motifs is 1. The van der Waals surface area contributed by atoms with Crippen molar-refractivity contribution in [1.82, 2.24) is 20.9 Å². The van der Waals surface area contributed by atoms with E-state index in [1.54, 1.807) is 18.0 Å². The van der Waals surface area contributed by atoms with Crippen LogP contribution in [-0.4, -0.2) is 70.5 Å². The number of aromatic nitrogens is 1. The van der Waals surface area contributed by atoms with E-state index in [0.717, 1.165) is 22.2 Å². The van der Waals surface area contributed by atoms with Gasteiger partial charge in [0.1, 0.15) is 12.1 Å². The summed E-state index contributed by atoms with van der Waals surface area (Å²) in [6.07, 6.45) is 4.26. The van der Waals surface area contributed by atoms with Crippen LogP contribution in [0.2, 0.25) is 0 Å². The smallest absolute Gasteiger partial charge is 0.325 e. The van der Waals surface area contributed by atoms with Gasteiger partial charge in [-0.25, -0.2) is 0 Å². The third kappa shape index (κ3) is 7.27. The number of hydrogen-bond acceptors (Lipinski definition) is 6. The van der Waals surface area contributed by atoms with E-state index >= 15 is 0 Å². The second-order valence-electron chi connectivity index (χ2n) is 7.36. The lowest BCUT2D eigenvalue weighted by molar-refractivity contribution is -0.141. The van der Waals surface area contributed by atoms with Gasteiger partial charge in [-0.15, -0.1) is 0 Å². The van der Waals surface area contributed by atoms with Crippen LogP contribution in [0, 0.1) is 0 Å². The Bertz CT molecular complexity index is 963. The molecule has 1 heterocycles. The van der Waals surface area contributed by atoms with Gasteiger partial charge in [0, 0.05) is 23.5 Å². The van der Waals surface area contributed by atoms with E-state index < -0.39 is 41.8 Å². The summed E-state index contributed by atoms with van der Waals surface area (Å²) in [5.41, 5.74) is 7.44. The molecule has 0 radical (unpaired) electrons. The van der Waals surface area contributed by atoms with E-state index in [2.05, 4.69) is 20.9 Å². The van der Waals surface area contributed by atoms with Gasteiger partial charge in [-0.1, -0.05) is 18.2 Å². The number of carbonyl (C=O) groups excluding carboxylic acids is 3. The van der Waals surface area contributed by atoms with E-state index in [-0.39, 0.29) is 13.0 Å². The Morgan fingerprint density at radius 3 is 2.56 bits per heavy atom. The molecule has 174 valence electrons. The van der Waals surface area contributed by atoms with Crippen LogP contribution < -0.4 is 21.7 Å². The minimum absolute atomic E-state index is 0.134. The number of nitrogens with one attached hydrogen (secondary N) is 4. The van der Waals surface area contributed by atoms with Crippen molar-refractivity contribution in [3.63, 3.8) is 0 Å². The number of thioether (sulfide) groups is 1. The maximum absolute atomic E-state index is 12.7. The minimum Gasteiger partial charge on any atom is -0.480 e. The van der Waals surface area contributed by atoms with Crippen LogP contribution in [0.5, 0.6) is 0 Å². The third-order valence-corrected chi connectivity index (χ3v) is 5.52. The van der Waals surface area contributed by atoms with Crippen LogP contribution in [0.4, 0.5) is 0 Å². The maximum Gasteiger partial charge on any atom is 0.325 e. The fraction of sp³-hybridized carbons (Fsp3) is 0.429. The number of carboxylic acids is 1. The van der Waals surface area contributed by atoms with Crippen molar-refractivity contribution in [3.8, 4) is 0 Å². The Morgan fingerprint density at radius 2 is 1.88 bits per heavy atom. The molecular weight excluding hydrogens is 434 g/mol. The molecule has 3 atom stereocenters. The molecule has 10 nitrogen and oxygen atoms in total. The number of amides is 3. The predicted octanol–water partition coefficient (Wildman–Crippen LogP) is -0.0189. The maximum atomic E-state index is 12.7. The second kappa shape index (κ2) is 12.1. The molecule has 0 fully saturated rings. The van der Waals surface area contributed by atoms with E-state index in [1.165, 1.54) is 6.92 Å². The van der Waals surface area contributed by atoms with Crippen LogP contribution in [0.1, 0.15) is 18.9 Å². The first-order chi connectivity index (χ1) is 15.2. The molecule has 2 aromatic rings. The van der Waals surface area contributed by atoms with Crippen molar-refractivity contribution < 1.29 is 24.3 Å². The summed E-state index contributed by atoms with van der Waals surface area (Å²) in [7, 11) is 0. The van der Waals surface area contributed by atoms with Crippen molar-refractivity contribution in [2.45, 2.75) is 37.9 Å². The Balaban J connectivity index is 2.07. The highest BCUT2D eigenvalue weighted by Crippen LogP contribution is 2.19. The summed E-state index contributed by atoms with van der Waals surface area (Å²) in [4.78, 5) is 51.4. The highest BCUT2D eigenvalue weighted by molar-refractivity contribution is 7.98. The summed E-state index contributed by atoms with van der Waals surface area (Å²) in [6.45, 7) is 0.985. The number of carboxylic acid groups (broad SMARTS) is 1. The molecule has 3 amide bonds. The van der Waals surface area contributed by atoms with Crippen molar-refractivity contribution in [2.75, 3.05) is 18.6 Å². The Hall–Kier alpha value is -3.05. The van der Waals surface area contributed by atoms with Gasteiger partial charge in [0.2, 0.25) is 17.7 Å². The molecule has 0 saturated heterocycles. The van der Waals surface area contributed by atoms with Gasteiger partial charge in [-0.2, -0.15) is 11.8 Å². The van der Waals surface area contributed by atoms with Crippen LogP contribution in [0.25, 0.3) is 10.9 Å². The molecule has 11 heteroatoms. The van der Waals surface area contributed by atoms with Crippen molar-refractivity contribution in [3.05, 3.63) is 36.0 Å².